The summed E-state index contributed by atoms with van der Waals surface area (Å²) in [5.74, 6) is 0.683. The highest BCUT2D eigenvalue weighted by Crippen LogP contribution is 2.53. The molecule has 0 atom stereocenters. The van der Waals surface area contributed by atoms with Crippen molar-refractivity contribution in [2.45, 2.75) is 19.3 Å². The van der Waals surface area contributed by atoms with Crippen molar-refractivity contribution in [3.8, 4) is 39.5 Å². The smallest absolute Gasteiger partial charge is 0.235 e. The van der Waals surface area contributed by atoms with Crippen LogP contribution in [-0.4, -0.2) is 14.5 Å². The summed E-state index contributed by atoms with van der Waals surface area (Å²) in [6.07, 6.45) is 0. The van der Waals surface area contributed by atoms with Crippen LogP contribution in [0.5, 0.6) is 0 Å². The molecule has 4 heteroatoms. The van der Waals surface area contributed by atoms with Gasteiger partial charge in [0.25, 0.3) is 0 Å². The number of fused-ring (bicyclic) bond motifs is 11. The van der Waals surface area contributed by atoms with Gasteiger partial charge in [-0.05, 0) is 50.7 Å². The fourth-order valence-electron chi connectivity index (χ4n) is 8.80. The average Bonchev–Trinajstić information content (AvgIpc) is 3.81. The van der Waals surface area contributed by atoms with Gasteiger partial charge in [-0.3, -0.25) is 4.57 Å². The number of hydrogen-bond acceptors (Lipinski definition) is 3. The van der Waals surface area contributed by atoms with Crippen LogP contribution in [0.2, 0.25) is 0 Å². The number of thiophene rings is 1. The van der Waals surface area contributed by atoms with E-state index in [1.54, 1.807) is 11.3 Å². The van der Waals surface area contributed by atoms with Crippen LogP contribution in [0, 0.1) is 0 Å². The molecule has 0 unspecified atom stereocenters. The van der Waals surface area contributed by atoms with Gasteiger partial charge >= 0.3 is 0 Å². The average molecular weight is 670 g/mol. The zero-order valence-corrected chi connectivity index (χ0v) is 29.0. The Labute approximate surface area is 299 Å². The first-order chi connectivity index (χ1) is 25.1. The first kappa shape index (κ1) is 28.7. The van der Waals surface area contributed by atoms with Crippen molar-refractivity contribution in [2.24, 2.45) is 0 Å². The molecule has 0 saturated carbocycles. The van der Waals surface area contributed by atoms with Crippen LogP contribution < -0.4 is 0 Å². The molecule has 7 aromatic carbocycles. The summed E-state index contributed by atoms with van der Waals surface area (Å²) in [6.45, 7) is 4.74. The van der Waals surface area contributed by atoms with E-state index in [-0.39, 0.29) is 5.41 Å². The van der Waals surface area contributed by atoms with E-state index in [0.29, 0.717) is 5.95 Å². The van der Waals surface area contributed by atoms with Gasteiger partial charge in [-0.25, -0.2) is 9.97 Å². The van der Waals surface area contributed by atoms with Crippen molar-refractivity contribution < 1.29 is 0 Å². The van der Waals surface area contributed by atoms with Crippen LogP contribution >= 0.6 is 11.3 Å². The zero-order chi connectivity index (χ0) is 33.8. The van der Waals surface area contributed by atoms with Crippen LogP contribution in [0.1, 0.15) is 25.0 Å². The molecule has 1 aliphatic carbocycles. The fraction of sp³-hybridized carbons (Fsp3) is 0.0638. The summed E-state index contributed by atoms with van der Waals surface area (Å²) in [4.78, 5) is 11.0. The largest absolute Gasteiger partial charge is 0.277 e. The lowest BCUT2D eigenvalue weighted by Crippen LogP contribution is -2.16. The maximum Gasteiger partial charge on any atom is 0.235 e. The van der Waals surface area contributed by atoms with Crippen LogP contribution in [0.3, 0.4) is 0 Å². The minimum Gasteiger partial charge on any atom is -0.277 e. The van der Waals surface area contributed by atoms with E-state index >= 15 is 0 Å². The standard InChI is InChI=1S/C47H31N3S/c1-47(2)37-24-10-8-18-31(37)32-20-12-21-33(41(32)47)34-22-13-23-36-40-30-17-7-6-14-28(30)26-27-38(40)50(44(34)36)46-48-42(29-15-4-3-5-16-29)45-43(49-46)35-19-9-11-25-39(35)51-45/h3-27H,1-2H3. The third kappa shape index (κ3) is 3.94. The molecule has 0 bridgehead atoms. The minimum absolute atomic E-state index is 0.167. The summed E-state index contributed by atoms with van der Waals surface area (Å²) >= 11 is 1.77. The number of benzene rings is 7. The van der Waals surface area contributed by atoms with E-state index in [0.717, 1.165) is 37.9 Å². The van der Waals surface area contributed by atoms with Crippen molar-refractivity contribution in [3.05, 3.63) is 163 Å². The summed E-state index contributed by atoms with van der Waals surface area (Å²) in [7, 11) is 0. The molecular weight excluding hydrogens is 639 g/mol. The SMILES string of the molecule is CC1(C)c2ccccc2-c2cccc(-c3cccc4c5c6ccccc6ccc5n(-c5nc(-c6ccccc6)c6sc7ccccc7c6n5)c34)c21. The van der Waals surface area contributed by atoms with Gasteiger partial charge in [0.2, 0.25) is 5.95 Å². The summed E-state index contributed by atoms with van der Waals surface area (Å²) in [5.41, 5.74) is 12.9. The van der Waals surface area contributed by atoms with Gasteiger partial charge in [-0.15, -0.1) is 11.3 Å². The summed E-state index contributed by atoms with van der Waals surface area (Å²) in [5, 5.41) is 6.03. The molecule has 0 aliphatic heterocycles. The fourth-order valence-corrected chi connectivity index (χ4v) is 9.96. The Bertz CT molecular complexity index is 3060. The lowest BCUT2D eigenvalue weighted by atomic mass is 9.78. The molecular formula is C47H31N3S. The molecule has 1 aliphatic rings. The molecule has 11 rings (SSSR count). The molecule has 3 aromatic heterocycles. The highest BCUT2D eigenvalue weighted by molar-refractivity contribution is 7.26. The highest BCUT2D eigenvalue weighted by Gasteiger charge is 2.38. The molecule has 3 heterocycles. The number of para-hydroxylation sites is 1. The maximum absolute atomic E-state index is 5.52. The van der Waals surface area contributed by atoms with Gasteiger partial charge in [0.15, 0.2) is 0 Å². The summed E-state index contributed by atoms with van der Waals surface area (Å²) < 4.78 is 4.67. The first-order valence-electron chi connectivity index (χ1n) is 17.5. The molecule has 0 amide bonds. The van der Waals surface area contributed by atoms with E-state index in [1.807, 2.05) is 0 Å². The molecule has 51 heavy (non-hydrogen) atoms. The monoisotopic (exact) mass is 669 g/mol. The van der Waals surface area contributed by atoms with E-state index in [1.165, 1.54) is 59.6 Å². The number of rotatable bonds is 3. The van der Waals surface area contributed by atoms with Crippen molar-refractivity contribution in [3.63, 3.8) is 0 Å². The van der Waals surface area contributed by atoms with Crippen molar-refractivity contribution in [1.82, 2.24) is 14.5 Å². The van der Waals surface area contributed by atoms with Crippen LogP contribution in [-0.2, 0) is 5.41 Å². The molecule has 0 spiro atoms. The van der Waals surface area contributed by atoms with Gasteiger partial charge < -0.3 is 0 Å². The second kappa shape index (κ2) is 10.5. The predicted molar refractivity (Wildman–Crippen MR) is 215 cm³/mol. The Morgan fingerprint density at radius 1 is 0.549 bits per heavy atom. The van der Waals surface area contributed by atoms with Crippen LogP contribution in [0.4, 0.5) is 0 Å². The van der Waals surface area contributed by atoms with Crippen molar-refractivity contribution in [1.29, 1.82) is 0 Å². The van der Waals surface area contributed by atoms with Gasteiger partial charge in [0, 0.05) is 37.4 Å². The summed E-state index contributed by atoms with van der Waals surface area (Å²) in [6, 6.07) is 54.9. The van der Waals surface area contributed by atoms with Gasteiger partial charge in [0.1, 0.15) is 0 Å². The second-order valence-corrected chi connectivity index (χ2v) is 15.2. The lowest BCUT2D eigenvalue weighted by molar-refractivity contribution is 0.662. The topological polar surface area (TPSA) is 30.7 Å². The van der Waals surface area contributed by atoms with E-state index in [9.17, 15) is 0 Å². The van der Waals surface area contributed by atoms with Crippen LogP contribution in [0.15, 0.2) is 152 Å². The molecule has 0 saturated heterocycles. The van der Waals surface area contributed by atoms with Crippen molar-refractivity contribution in [2.75, 3.05) is 0 Å². The van der Waals surface area contributed by atoms with Gasteiger partial charge in [-0.1, -0.05) is 153 Å². The Morgan fingerprint density at radius 3 is 2.10 bits per heavy atom. The number of aromatic nitrogens is 3. The third-order valence-corrected chi connectivity index (χ3v) is 12.2. The molecule has 240 valence electrons. The van der Waals surface area contributed by atoms with Crippen LogP contribution in [0.25, 0.3) is 92.3 Å². The Hall–Kier alpha value is -6.10. The molecule has 0 N–H and O–H groups in total. The number of nitrogens with zero attached hydrogens (tertiary/aromatic N) is 3. The molecule has 3 nitrogen and oxygen atoms in total. The van der Waals surface area contributed by atoms with Crippen molar-refractivity contribution >= 4 is 64.2 Å². The van der Waals surface area contributed by atoms with Gasteiger partial charge in [0.05, 0.1) is 26.9 Å². The zero-order valence-electron chi connectivity index (χ0n) is 28.2. The third-order valence-electron chi connectivity index (χ3n) is 11.0. The van der Waals surface area contributed by atoms with Gasteiger partial charge in [-0.2, -0.15) is 0 Å². The number of hydrogen-bond donors (Lipinski definition) is 0. The Kier molecular flexibility index (Phi) is 5.89. The normalized spacial score (nSPS) is 13.5. The van der Waals surface area contributed by atoms with E-state index in [2.05, 4.69) is 170 Å². The van der Waals surface area contributed by atoms with E-state index in [4.69, 9.17) is 9.97 Å². The molecule has 0 fully saturated rings. The highest BCUT2D eigenvalue weighted by atomic mass is 32.1. The predicted octanol–water partition coefficient (Wildman–Crippen LogP) is 12.7. The Balaban J connectivity index is 1.32. The maximum atomic E-state index is 5.52. The Morgan fingerprint density at radius 2 is 1.22 bits per heavy atom. The second-order valence-electron chi connectivity index (χ2n) is 14.1. The lowest BCUT2D eigenvalue weighted by Gasteiger charge is -2.25. The first-order valence-corrected chi connectivity index (χ1v) is 18.3. The quantitative estimate of drug-likeness (QED) is 0.187. The van der Waals surface area contributed by atoms with E-state index < -0.39 is 0 Å². The minimum atomic E-state index is -0.167. The molecule has 10 aromatic rings. The molecule has 0 radical (unpaired) electrons.